The van der Waals surface area contributed by atoms with Crippen molar-refractivity contribution in [2.24, 2.45) is 0 Å². The molecule has 1 aromatic rings. The number of sulfonamides is 1. The van der Waals surface area contributed by atoms with Gasteiger partial charge in [0, 0.05) is 6.61 Å². The Labute approximate surface area is 101 Å². The van der Waals surface area contributed by atoms with E-state index in [-0.39, 0.29) is 6.04 Å². The van der Waals surface area contributed by atoms with Gasteiger partial charge in [0.2, 0.25) is 10.0 Å². The van der Waals surface area contributed by atoms with Crippen LogP contribution in [-0.4, -0.2) is 33.9 Å². The van der Waals surface area contributed by atoms with E-state index < -0.39 is 10.0 Å². The number of nitrogens with one attached hydrogen (secondary N) is 2. The van der Waals surface area contributed by atoms with Crippen LogP contribution in [0.25, 0.3) is 0 Å². The topological polar surface area (TPSA) is 67.4 Å². The quantitative estimate of drug-likeness (QED) is 0.851. The van der Waals surface area contributed by atoms with Gasteiger partial charge in [-0.25, -0.2) is 8.42 Å². The van der Waals surface area contributed by atoms with Crippen molar-refractivity contribution in [2.75, 3.05) is 29.5 Å². The SMILES string of the molecule is CS(=O)(=O)Nc1ccccc1NC1CCOC1. The van der Waals surface area contributed by atoms with Crippen molar-refractivity contribution in [1.82, 2.24) is 0 Å². The Balaban J connectivity index is 2.15. The average molecular weight is 256 g/mol. The summed E-state index contributed by atoms with van der Waals surface area (Å²) in [5.74, 6) is 0. The van der Waals surface area contributed by atoms with E-state index in [4.69, 9.17) is 4.74 Å². The molecule has 1 atom stereocenters. The third kappa shape index (κ3) is 3.61. The molecule has 1 saturated heterocycles. The minimum absolute atomic E-state index is 0.248. The Kier molecular flexibility index (Phi) is 3.54. The third-order valence-electron chi connectivity index (χ3n) is 2.51. The maximum atomic E-state index is 11.2. The Bertz CT molecular complexity index is 481. The lowest BCUT2D eigenvalue weighted by Gasteiger charge is -2.16. The number of hydrogen-bond donors (Lipinski definition) is 2. The normalized spacial score (nSPS) is 20.2. The van der Waals surface area contributed by atoms with Crippen LogP contribution in [0.3, 0.4) is 0 Å². The molecule has 0 bridgehead atoms. The molecule has 1 fully saturated rings. The zero-order valence-corrected chi connectivity index (χ0v) is 10.5. The summed E-state index contributed by atoms with van der Waals surface area (Å²) >= 11 is 0. The zero-order chi connectivity index (χ0) is 12.3. The van der Waals surface area contributed by atoms with Gasteiger partial charge in [-0.3, -0.25) is 4.72 Å². The van der Waals surface area contributed by atoms with Crippen LogP contribution in [0.15, 0.2) is 24.3 Å². The van der Waals surface area contributed by atoms with E-state index in [2.05, 4.69) is 10.0 Å². The first-order valence-corrected chi connectivity index (χ1v) is 7.35. The number of hydrogen-bond acceptors (Lipinski definition) is 4. The minimum atomic E-state index is -3.25. The van der Waals surface area contributed by atoms with Crippen molar-refractivity contribution in [3.8, 4) is 0 Å². The van der Waals surface area contributed by atoms with E-state index in [9.17, 15) is 8.42 Å². The molecule has 94 valence electrons. The fourth-order valence-corrected chi connectivity index (χ4v) is 2.34. The van der Waals surface area contributed by atoms with Gasteiger partial charge >= 0.3 is 0 Å². The molecule has 2 N–H and O–H groups in total. The molecule has 0 radical (unpaired) electrons. The second-order valence-electron chi connectivity index (χ2n) is 4.12. The lowest BCUT2D eigenvalue weighted by molar-refractivity contribution is 0.195. The fraction of sp³-hybridized carbons (Fsp3) is 0.455. The fourth-order valence-electron chi connectivity index (χ4n) is 1.77. The Morgan fingerprint density at radius 3 is 2.59 bits per heavy atom. The van der Waals surface area contributed by atoms with Gasteiger partial charge in [0.05, 0.1) is 30.3 Å². The standard InChI is InChI=1S/C11H16N2O3S/c1-17(14,15)13-11-5-3-2-4-10(11)12-9-6-7-16-8-9/h2-5,9,12-13H,6-8H2,1H3. The van der Waals surface area contributed by atoms with Gasteiger partial charge in [-0.15, -0.1) is 0 Å². The molecule has 1 aliphatic heterocycles. The number of rotatable bonds is 4. The largest absolute Gasteiger partial charge is 0.379 e. The van der Waals surface area contributed by atoms with Crippen molar-refractivity contribution in [3.63, 3.8) is 0 Å². The van der Waals surface area contributed by atoms with Crippen LogP contribution in [-0.2, 0) is 14.8 Å². The van der Waals surface area contributed by atoms with Crippen molar-refractivity contribution in [1.29, 1.82) is 0 Å². The maximum Gasteiger partial charge on any atom is 0.229 e. The van der Waals surface area contributed by atoms with Gasteiger partial charge in [-0.2, -0.15) is 0 Å². The summed E-state index contributed by atoms with van der Waals surface area (Å²) in [6.45, 7) is 1.41. The Morgan fingerprint density at radius 1 is 1.29 bits per heavy atom. The van der Waals surface area contributed by atoms with Gasteiger partial charge < -0.3 is 10.1 Å². The van der Waals surface area contributed by atoms with Crippen LogP contribution >= 0.6 is 0 Å². The van der Waals surface area contributed by atoms with E-state index in [1.165, 1.54) is 0 Å². The highest BCUT2D eigenvalue weighted by molar-refractivity contribution is 7.92. The lowest BCUT2D eigenvalue weighted by atomic mass is 10.2. The van der Waals surface area contributed by atoms with Gasteiger partial charge in [0.15, 0.2) is 0 Å². The van der Waals surface area contributed by atoms with Gasteiger partial charge in [-0.1, -0.05) is 12.1 Å². The van der Waals surface area contributed by atoms with E-state index in [1.54, 1.807) is 12.1 Å². The summed E-state index contributed by atoms with van der Waals surface area (Å²) in [7, 11) is -3.25. The van der Waals surface area contributed by atoms with E-state index in [0.29, 0.717) is 12.3 Å². The molecule has 1 aliphatic rings. The van der Waals surface area contributed by atoms with Crippen LogP contribution in [0.5, 0.6) is 0 Å². The summed E-state index contributed by atoms with van der Waals surface area (Å²) in [5.41, 5.74) is 1.36. The molecule has 17 heavy (non-hydrogen) atoms. The summed E-state index contributed by atoms with van der Waals surface area (Å²) < 4.78 is 30.2. The number of ether oxygens (including phenoxy) is 1. The smallest absolute Gasteiger partial charge is 0.229 e. The summed E-state index contributed by atoms with van der Waals surface area (Å²) in [4.78, 5) is 0. The first kappa shape index (κ1) is 12.2. The third-order valence-corrected chi connectivity index (χ3v) is 3.10. The van der Waals surface area contributed by atoms with Gasteiger partial charge in [0.1, 0.15) is 0 Å². The molecule has 0 saturated carbocycles. The molecule has 0 aromatic heterocycles. The number of benzene rings is 1. The van der Waals surface area contributed by atoms with Crippen LogP contribution in [0.2, 0.25) is 0 Å². The molecule has 2 rings (SSSR count). The van der Waals surface area contributed by atoms with Gasteiger partial charge in [0.25, 0.3) is 0 Å². The van der Waals surface area contributed by atoms with Crippen LogP contribution in [0, 0.1) is 0 Å². The molecule has 6 heteroatoms. The lowest BCUT2D eigenvalue weighted by Crippen LogP contribution is -2.20. The Morgan fingerprint density at radius 2 is 2.00 bits per heavy atom. The Hall–Kier alpha value is -1.27. The summed E-state index contributed by atoms with van der Waals surface area (Å²) in [6.07, 6.45) is 2.08. The molecule has 0 amide bonds. The zero-order valence-electron chi connectivity index (χ0n) is 9.64. The average Bonchev–Trinajstić information content (AvgIpc) is 2.71. The monoisotopic (exact) mass is 256 g/mol. The van der Waals surface area contributed by atoms with Crippen LogP contribution in [0.1, 0.15) is 6.42 Å². The predicted octanol–water partition coefficient (Wildman–Crippen LogP) is 1.26. The molecule has 1 heterocycles. The highest BCUT2D eigenvalue weighted by atomic mass is 32.2. The molecule has 5 nitrogen and oxygen atoms in total. The molecule has 0 spiro atoms. The van der Waals surface area contributed by atoms with Gasteiger partial charge in [-0.05, 0) is 18.6 Å². The minimum Gasteiger partial charge on any atom is -0.379 e. The highest BCUT2D eigenvalue weighted by Gasteiger charge is 2.16. The van der Waals surface area contributed by atoms with Crippen molar-refractivity contribution >= 4 is 21.4 Å². The molecule has 1 unspecified atom stereocenters. The second-order valence-corrected chi connectivity index (χ2v) is 5.87. The molecular formula is C11H16N2O3S. The van der Waals surface area contributed by atoms with Crippen LogP contribution < -0.4 is 10.0 Å². The number of anilines is 2. The highest BCUT2D eigenvalue weighted by Crippen LogP contribution is 2.24. The summed E-state index contributed by atoms with van der Waals surface area (Å²) in [6, 6.07) is 7.50. The van der Waals surface area contributed by atoms with Crippen LogP contribution in [0.4, 0.5) is 11.4 Å². The second kappa shape index (κ2) is 4.93. The maximum absolute atomic E-state index is 11.2. The first-order valence-electron chi connectivity index (χ1n) is 5.46. The molecule has 0 aliphatic carbocycles. The molecule has 1 aromatic carbocycles. The van der Waals surface area contributed by atoms with Crippen molar-refractivity contribution in [3.05, 3.63) is 24.3 Å². The predicted molar refractivity (Wildman–Crippen MR) is 67.8 cm³/mol. The first-order chi connectivity index (χ1) is 8.04. The summed E-state index contributed by atoms with van der Waals surface area (Å²) in [5, 5.41) is 3.28. The van der Waals surface area contributed by atoms with E-state index in [1.807, 2.05) is 12.1 Å². The molecular weight excluding hydrogens is 240 g/mol. The van der Waals surface area contributed by atoms with E-state index in [0.717, 1.165) is 25.0 Å². The van der Waals surface area contributed by atoms with E-state index >= 15 is 0 Å². The number of para-hydroxylation sites is 2. The van der Waals surface area contributed by atoms with Crippen molar-refractivity contribution < 1.29 is 13.2 Å². The van der Waals surface area contributed by atoms with Crippen molar-refractivity contribution in [2.45, 2.75) is 12.5 Å².